The monoisotopic (exact) mass is 226 g/mol. The SMILES string of the molecule is CC(C)(C)OC(=O)N1C[C@@H]2CC[C@H]1C[C@H]2N. The quantitative estimate of drug-likeness (QED) is 0.684. The number of nitrogens with two attached hydrogens (primary N) is 1. The van der Waals surface area contributed by atoms with Crippen LogP contribution in [0.25, 0.3) is 0 Å². The van der Waals surface area contributed by atoms with Crippen molar-refractivity contribution in [1.29, 1.82) is 0 Å². The standard InChI is InChI=1S/C12H22N2O2/c1-12(2,3)16-11(15)14-7-8-4-5-9(14)6-10(8)13/h8-10H,4-7,13H2,1-3H3/t8-,9-,10+/m0/s1. The molecular formula is C12H22N2O2. The van der Waals surface area contributed by atoms with Crippen molar-refractivity contribution in [1.82, 2.24) is 4.90 Å². The van der Waals surface area contributed by atoms with Crippen LogP contribution in [0, 0.1) is 5.92 Å². The van der Waals surface area contributed by atoms with Crippen molar-refractivity contribution < 1.29 is 9.53 Å². The minimum atomic E-state index is -0.407. The molecule has 0 unspecified atom stereocenters. The third-order valence-electron chi connectivity index (χ3n) is 3.52. The Labute approximate surface area is 97.1 Å². The van der Waals surface area contributed by atoms with E-state index in [1.165, 1.54) is 0 Å². The highest BCUT2D eigenvalue weighted by atomic mass is 16.6. The predicted octanol–water partition coefficient (Wildman–Crippen LogP) is 1.73. The average molecular weight is 226 g/mol. The Morgan fingerprint density at radius 3 is 2.50 bits per heavy atom. The topological polar surface area (TPSA) is 55.6 Å². The summed E-state index contributed by atoms with van der Waals surface area (Å²) in [5.41, 5.74) is 5.62. The van der Waals surface area contributed by atoms with Gasteiger partial charge >= 0.3 is 6.09 Å². The van der Waals surface area contributed by atoms with E-state index in [2.05, 4.69) is 0 Å². The maximum absolute atomic E-state index is 12.0. The van der Waals surface area contributed by atoms with Gasteiger partial charge in [-0.05, 0) is 46.0 Å². The zero-order valence-electron chi connectivity index (χ0n) is 10.4. The van der Waals surface area contributed by atoms with E-state index in [-0.39, 0.29) is 12.1 Å². The Hall–Kier alpha value is -0.770. The number of fused-ring (bicyclic) bond motifs is 3. The zero-order chi connectivity index (χ0) is 11.9. The van der Waals surface area contributed by atoms with Gasteiger partial charge in [-0.3, -0.25) is 0 Å². The second-order valence-electron chi connectivity index (χ2n) is 6.02. The molecule has 0 spiro atoms. The molecule has 1 saturated carbocycles. The van der Waals surface area contributed by atoms with Crippen molar-refractivity contribution in [2.24, 2.45) is 11.7 Å². The number of hydrogen-bond acceptors (Lipinski definition) is 3. The van der Waals surface area contributed by atoms with Gasteiger partial charge in [0.2, 0.25) is 0 Å². The molecule has 16 heavy (non-hydrogen) atoms. The summed E-state index contributed by atoms with van der Waals surface area (Å²) in [5, 5.41) is 0. The van der Waals surface area contributed by atoms with Crippen LogP contribution >= 0.6 is 0 Å². The lowest BCUT2D eigenvalue weighted by Gasteiger charge is -2.48. The second kappa shape index (κ2) is 3.91. The molecule has 3 aliphatic rings. The van der Waals surface area contributed by atoms with Crippen molar-refractivity contribution in [3.05, 3.63) is 0 Å². The van der Waals surface area contributed by atoms with E-state index in [1.54, 1.807) is 0 Å². The molecule has 92 valence electrons. The van der Waals surface area contributed by atoms with E-state index < -0.39 is 5.60 Å². The summed E-state index contributed by atoms with van der Waals surface area (Å²) in [5.74, 6) is 0.470. The molecule has 2 N–H and O–H groups in total. The number of carbonyl (C=O) groups is 1. The zero-order valence-corrected chi connectivity index (χ0v) is 10.4. The molecule has 2 bridgehead atoms. The fourth-order valence-electron chi connectivity index (χ4n) is 2.70. The highest BCUT2D eigenvalue weighted by Crippen LogP contribution is 2.34. The first-order valence-corrected chi connectivity index (χ1v) is 6.12. The molecule has 4 heteroatoms. The van der Waals surface area contributed by atoms with E-state index in [0.717, 1.165) is 25.8 Å². The Morgan fingerprint density at radius 1 is 1.38 bits per heavy atom. The number of carbonyl (C=O) groups excluding carboxylic acids is 1. The van der Waals surface area contributed by atoms with Crippen LogP contribution in [0.1, 0.15) is 40.0 Å². The number of ether oxygens (including phenoxy) is 1. The van der Waals surface area contributed by atoms with Crippen molar-refractivity contribution in [2.45, 2.75) is 57.7 Å². The van der Waals surface area contributed by atoms with E-state index in [1.807, 2.05) is 25.7 Å². The average Bonchev–Trinajstić information content (AvgIpc) is 2.15. The highest BCUT2D eigenvalue weighted by molar-refractivity contribution is 5.69. The third kappa shape index (κ3) is 2.32. The number of piperidine rings is 2. The van der Waals surface area contributed by atoms with Gasteiger partial charge in [-0.25, -0.2) is 4.79 Å². The lowest BCUT2D eigenvalue weighted by atomic mass is 9.77. The maximum Gasteiger partial charge on any atom is 0.410 e. The summed E-state index contributed by atoms with van der Waals surface area (Å²) in [6.07, 6.45) is 3.00. The molecule has 3 fully saturated rings. The van der Waals surface area contributed by atoms with Crippen molar-refractivity contribution in [3.63, 3.8) is 0 Å². The van der Waals surface area contributed by atoms with Crippen LogP contribution in [0.15, 0.2) is 0 Å². The predicted molar refractivity (Wildman–Crippen MR) is 62.0 cm³/mol. The van der Waals surface area contributed by atoms with Crippen molar-refractivity contribution >= 4 is 6.09 Å². The first kappa shape index (κ1) is 11.7. The third-order valence-corrected chi connectivity index (χ3v) is 3.52. The number of rotatable bonds is 0. The smallest absolute Gasteiger partial charge is 0.410 e. The summed E-state index contributed by atoms with van der Waals surface area (Å²) in [6, 6.07) is 0.576. The fourth-order valence-corrected chi connectivity index (χ4v) is 2.70. The molecule has 0 aromatic heterocycles. The van der Waals surface area contributed by atoms with Gasteiger partial charge < -0.3 is 15.4 Å². The van der Waals surface area contributed by atoms with Crippen molar-refractivity contribution in [3.8, 4) is 0 Å². The molecule has 3 atom stereocenters. The van der Waals surface area contributed by atoms with Crippen LogP contribution in [0.2, 0.25) is 0 Å². The Morgan fingerprint density at radius 2 is 2.06 bits per heavy atom. The summed E-state index contributed by atoms with van der Waals surface area (Å²) in [7, 11) is 0. The molecule has 0 radical (unpaired) electrons. The van der Waals surface area contributed by atoms with Gasteiger partial charge in [0.15, 0.2) is 0 Å². The highest BCUT2D eigenvalue weighted by Gasteiger charge is 2.42. The van der Waals surface area contributed by atoms with Crippen LogP contribution in [0.5, 0.6) is 0 Å². The summed E-state index contributed by atoms with van der Waals surface area (Å²) < 4.78 is 5.41. The summed E-state index contributed by atoms with van der Waals surface area (Å²) in [4.78, 5) is 13.9. The lowest BCUT2D eigenvalue weighted by molar-refractivity contribution is -0.0170. The van der Waals surface area contributed by atoms with Crippen molar-refractivity contribution in [2.75, 3.05) is 6.54 Å². The van der Waals surface area contributed by atoms with Gasteiger partial charge in [0, 0.05) is 18.6 Å². The Kier molecular flexibility index (Phi) is 2.86. The van der Waals surface area contributed by atoms with Crippen LogP contribution < -0.4 is 5.73 Å². The van der Waals surface area contributed by atoms with E-state index >= 15 is 0 Å². The number of nitrogens with zero attached hydrogens (tertiary/aromatic N) is 1. The van der Waals surface area contributed by atoms with E-state index in [0.29, 0.717) is 12.0 Å². The van der Waals surface area contributed by atoms with Crippen LogP contribution in [0.4, 0.5) is 4.79 Å². The van der Waals surface area contributed by atoms with Gasteiger partial charge in [-0.15, -0.1) is 0 Å². The Balaban J connectivity index is 1.99. The largest absolute Gasteiger partial charge is 0.444 e. The molecule has 0 aromatic carbocycles. The summed E-state index contributed by atoms with van der Waals surface area (Å²) in [6.45, 7) is 6.48. The maximum atomic E-state index is 12.0. The van der Waals surface area contributed by atoms with Crippen LogP contribution in [0.3, 0.4) is 0 Å². The minimum Gasteiger partial charge on any atom is -0.444 e. The molecule has 3 rings (SSSR count). The number of amides is 1. The number of hydrogen-bond donors (Lipinski definition) is 1. The van der Waals surface area contributed by atoms with E-state index in [4.69, 9.17) is 10.5 Å². The van der Waals surface area contributed by atoms with Gasteiger partial charge in [0.1, 0.15) is 5.60 Å². The summed E-state index contributed by atoms with van der Waals surface area (Å²) >= 11 is 0. The molecular weight excluding hydrogens is 204 g/mol. The molecule has 2 heterocycles. The first-order valence-electron chi connectivity index (χ1n) is 6.12. The van der Waals surface area contributed by atoms with Gasteiger partial charge in [0.05, 0.1) is 0 Å². The molecule has 1 aliphatic carbocycles. The lowest BCUT2D eigenvalue weighted by Crippen LogP contribution is -2.59. The minimum absolute atomic E-state index is 0.172. The molecule has 2 saturated heterocycles. The molecule has 4 nitrogen and oxygen atoms in total. The Bertz CT molecular complexity index is 285. The first-order chi connectivity index (χ1) is 7.37. The van der Waals surface area contributed by atoms with Crippen LogP contribution in [-0.2, 0) is 4.74 Å². The molecule has 2 aliphatic heterocycles. The van der Waals surface area contributed by atoms with E-state index in [9.17, 15) is 4.79 Å². The van der Waals surface area contributed by atoms with Gasteiger partial charge in [-0.1, -0.05) is 0 Å². The van der Waals surface area contributed by atoms with Crippen LogP contribution in [-0.4, -0.2) is 35.2 Å². The van der Waals surface area contributed by atoms with Gasteiger partial charge in [-0.2, -0.15) is 0 Å². The normalized spacial score (nSPS) is 34.0. The second-order valence-corrected chi connectivity index (χ2v) is 6.02. The molecule has 0 aromatic rings. The van der Waals surface area contributed by atoms with Gasteiger partial charge in [0.25, 0.3) is 0 Å². The molecule has 1 amide bonds. The fraction of sp³-hybridized carbons (Fsp3) is 0.917.